The van der Waals surface area contributed by atoms with Crippen LogP contribution in [-0.2, 0) is 0 Å². The van der Waals surface area contributed by atoms with Crippen LogP contribution < -0.4 is 0 Å². The molecule has 2 heterocycles. The number of nitrogens with zero attached hydrogens (tertiary/aromatic N) is 4. The molecular weight excluding hydrogens is 673 g/mol. The summed E-state index contributed by atoms with van der Waals surface area (Å²) in [5.41, 5.74) is 7.64. The van der Waals surface area contributed by atoms with E-state index in [1.165, 1.54) is 16.3 Å². The quantitative estimate of drug-likeness (QED) is 0.167. The second-order valence-electron chi connectivity index (χ2n) is 13.8. The van der Waals surface area contributed by atoms with Crippen LogP contribution >= 0.6 is 0 Å². The van der Waals surface area contributed by atoms with Crippen molar-refractivity contribution in [3.63, 3.8) is 0 Å². The second-order valence-corrected chi connectivity index (χ2v) is 13.8. The van der Waals surface area contributed by atoms with E-state index in [1.54, 1.807) is 0 Å². The van der Waals surface area contributed by atoms with Gasteiger partial charge in [0.15, 0.2) is 23.1 Å². The minimum Gasteiger partial charge on any atom is -0.435 e. The van der Waals surface area contributed by atoms with E-state index in [4.69, 9.17) is 24.4 Å². The topological polar surface area (TPSA) is 64.7 Å². The third-order valence-electron chi connectivity index (χ3n) is 10.6. The maximum Gasteiger partial charge on any atom is 0.227 e. The molecule has 0 amide bonds. The predicted molar refractivity (Wildman–Crippen MR) is 225 cm³/mol. The van der Waals surface area contributed by atoms with Gasteiger partial charge in [-0.2, -0.15) is 0 Å². The van der Waals surface area contributed by atoms with Gasteiger partial charge in [0.1, 0.15) is 5.52 Å². The molecule has 0 aliphatic carbocycles. The molecule has 9 aromatic carbocycles. The lowest BCUT2D eigenvalue weighted by molar-refractivity contribution is 0.623. The van der Waals surface area contributed by atoms with Crippen molar-refractivity contribution in [2.45, 2.75) is 0 Å². The molecule has 5 nitrogen and oxygen atoms in total. The molecule has 256 valence electrons. The summed E-state index contributed by atoms with van der Waals surface area (Å²) in [6, 6.07) is 62.9. The highest BCUT2D eigenvalue weighted by atomic mass is 16.3. The highest BCUT2D eigenvalue weighted by Gasteiger charge is 2.19. The van der Waals surface area contributed by atoms with Crippen LogP contribution in [0, 0.1) is 0 Å². The first-order valence-corrected chi connectivity index (χ1v) is 18.4. The van der Waals surface area contributed by atoms with Gasteiger partial charge in [-0.3, -0.25) is 0 Å². The number of fused-ring (bicyclic) bond motifs is 8. The Bertz CT molecular complexity index is 3250. The largest absolute Gasteiger partial charge is 0.435 e. The number of hydrogen-bond donors (Lipinski definition) is 0. The van der Waals surface area contributed by atoms with Gasteiger partial charge in [0, 0.05) is 33.0 Å². The summed E-state index contributed by atoms with van der Waals surface area (Å²) in [5, 5.41) is 8.82. The fourth-order valence-electron chi connectivity index (χ4n) is 7.87. The number of hydrogen-bond acceptors (Lipinski definition) is 5. The Hall–Kier alpha value is -7.50. The minimum absolute atomic E-state index is 0.597. The summed E-state index contributed by atoms with van der Waals surface area (Å²) in [6.07, 6.45) is 0. The molecule has 0 bridgehead atoms. The van der Waals surface area contributed by atoms with Crippen molar-refractivity contribution in [1.29, 1.82) is 0 Å². The van der Waals surface area contributed by atoms with E-state index in [9.17, 15) is 0 Å². The molecule has 11 rings (SSSR count). The van der Waals surface area contributed by atoms with Crippen LogP contribution in [0.2, 0.25) is 0 Å². The van der Waals surface area contributed by atoms with E-state index in [0.29, 0.717) is 23.4 Å². The Morgan fingerprint density at radius 2 is 0.855 bits per heavy atom. The van der Waals surface area contributed by atoms with Gasteiger partial charge in [-0.05, 0) is 67.7 Å². The van der Waals surface area contributed by atoms with Crippen LogP contribution in [0.1, 0.15) is 0 Å². The zero-order chi connectivity index (χ0) is 36.3. The van der Waals surface area contributed by atoms with Gasteiger partial charge in [-0.15, -0.1) is 0 Å². The highest BCUT2D eigenvalue weighted by molar-refractivity contribution is 6.23. The van der Waals surface area contributed by atoms with Crippen LogP contribution in [0.5, 0.6) is 0 Å². The van der Waals surface area contributed by atoms with E-state index >= 15 is 0 Å². The Morgan fingerprint density at radius 3 is 1.60 bits per heavy atom. The molecule has 0 saturated heterocycles. The van der Waals surface area contributed by atoms with Crippen molar-refractivity contribution in [1.82, 2.24) is 19.9 Å². The molecular formula is C50H30N4O. The van der Waals surface area contributed by atoms with E-state index in [-0.39, 0.29) is 0 Å². The molecule has 5 heteroatoms. The third kappa shape index (κ3) is 5.24. The van der Waals surface area contributed by atoms with Crippen LogP contribution in [0.3, 0.4) is 0 Å². The lowest BCUT2D eigenvalue weighted by Gasteiger charge is -2.12. The molecule has 0 saturated carbocycles. The van der Waals surface area contributed by atoms with Crippen LogP contribution in [0.15, 0.2) is 186 Å². The molecule has 0 N–H and O–H groups in total. The number of benzene rings is 9. The standard InChI is InChI=1S/C50H30N4O/c1-2-14-35(15-3-1)50-51-45-41-21-9-8-20-40(41)44-30-36(28-29-42(44)46(45)55-50)48-52-47(53-49(54-48)43-23-11-17-32-13-5-7-19-39(32)43)34-26-24-33(25-27-34)38-22-10-16-31-12-4-6-18-37(31)38/h1-30H. The number of oxazole rings is 1. The van der Waals surface area contributed by atoms with Crippen LogP contribution in [-0.4, -0.2) is 19.9 Å². The van der Waals surface area contributed by atoms with Crippen molar-refractivity contribution >= 4 is 54.2 Å². The maximum absolute atomic E-state index is 6.53. The van der Waals surface area contributed by atoms with Crippen molar-refractivity contribution < 1.29 is 4.42 Å². The fourth-order valence-corrected chi connectivity index (χ4v) is 7.87. The predicted octanol–water partition coefficient (Wildman–Crippen LogP) is 13.0. The zero-order valence-corrected chi connectivity index (χ0v) is 29.5. The molecule has 0 aliphatic heterocycles. The van der Waals surface area contributed by atoms with Crippen molar-refractivity contribution in [3.8, 4) is 56.7 Å². The van der Waals surface area contributed by atoms with Gasteiger partial charge in [0.05, 0.1) is 0 Å². The summed E-state index contributed by atoms with van der Waals surface area (Å²) in [7, 11) is 0. The second kappa shape index (κ2) is 12.6. The highest BCUT2D eigenvalue weighted by Crippen LogP contribution is 2.39. The number of rotatable bonds is 5. The molecule has 0 radical (unpaired) electrons. The summed E-state index contributed by atoms with van der Waals surface area (Å²) in [4.78, 5) is 20.5. The molecule has 55 heavy (non-hydrogen) atoms. The fraction of sp³-hybridized carbons (Fsp3) is 0. The lowest BCUT2D eigenvalue weighted by Crippen LogP contribution is -2.00. The molecule has 0 aliphatic rings. The third-order valence-corrected chi connectivity index (χ3v) is 10.6. The smallest absolute Gasteiger partial charge is 0.227 e. The van der Waals surface area contributed by atoms with Crippen LogP contribution in [0.25, 0.3) is 111 Å². The summed E-state index contributed by atoms with van der Waals surface area (Å²) in [5.74, 6) is 2.43. The lowest BCUT2D eigenvalue weighted by atomic mass is 9.97. The average Bonchev–Trinajstić information content (AvgIpc) is 3.72. The molecule has 11 aromatic rings. The van der Waals surface area contributed by atoms with E-state index in [2.05, 4.69) is 152 Å². The Labute approximate surface area is 316 Å². The Kier molecular flexibility index (Phi) is 7.10. The molecule has 0 spiro atoms. The molecule has 2 aromatic heterocycles. The number of aromatic nitrogens is 4. The van der Waals surface area contributed by atoms with E-state index in [0.717, 1.165) is 71.2 Å². The average molecular weight is 703 g/mol. The monoisotopic (exact) mass is 702 g/mol. The normalized spacial score (nSPS) is 11.6. The molecule has 0 unspecified atom stereocenters. The summed E-state index contributed by atoms with van der Waals surface area (Å²) in [6.45, 7) is 0. The molecule has 0 atom stereocenters. The van der Waals surface area contributed by atoms with Gasteiger partial charge < -0.3 is 4.42 Å². The Morgan fingerprint density at radius 1 is 0.309 bits per heavy atom. The van der Waals surface area contributed by atoms with E-state index < -0.39 is 0 Å². The Balaban J connectivity index is 1.10. The van der Waals surface area contributed by atoms with E-state index in [1.807, 2.05) is 30.3 Å². The van der Waals surface area contributed by atoms with Gasteiger partial charge in [0.2, 0.25) is 5.89 Å². The van der Waals surface area contributed by atoms with Gasteiger partial charge in [-0.25, -0.2) is 19.9 Å². The van der Waals surface area contributed by atoms with Crippen LogP contribution in [0.4, 0.5) is 0 Å². The minimum atomic E-state index is 0.597. The van der Waals surface area contributed by atoms with Crippen molar-refractivity contribution in [3.05, 3.63) is 182 Å². The van der Waals surface area contributed by atoms with Gasteiger partial charge in [-0.1, -0.05) is 158 Å². The first-order chi connectivity index (χ1) is 27.2. The summed E-state index contributed by atoms with van der Waals surface area (Å²) >= 11 is 0. The SMILES string of the molecule is c1ccc(-c2nc3c4ccccc4c4cc(-c5nc(-c6ccc(-c7cccc8ccccc78)cc6)nc(-c6cccc7ccccc67)n5)ccc4c3o2)cc1. The first kappa shape index (κ1) is 31.1. The maximum atomic E-state index is 6.53. The first-order valence-electron chi connectivity index (χ1n) is 18.4. The van der Waals surface area contributed by atoms with Crippen molar-refractivity contribution in [2.24, 2.45) is 0 Å². The zero-order valence-electron chi connectivity index (χ0n) is 29.5. The van der Waals surface area contributed by atoms with Gasteiger partial charge >= 0.3 is 0 Å². The molecule has 0 fully saturated rings. The van der Waals surface area contributed by atoms with Crippen molar-refractivity contribution in [2.75, 3.05) is 0 Å². The summed E-state index contributed by atoms with van der Waals surface area (Å²) < 4.78 is 6.53. The van der Waals surface area contributed by atoms with Gasteiger partial charge in [0.25, 0.3) is 0 Å².